The second-order valence-corrected chi connectivity index (χ2v) is 6.44. The minimum absolute atomic E-state index is 0.168. The molecule has 1 unspecified atom stereocenters. The zero-order valence-electron chi connectivity index (χ0n) is 14.1. The molecule has 0 aliphatic rings. The van der Waals surface area contributed by atoms with E-state index in [1.165, 1.54) is 18.5 Å². The van der Waals surface area contributed by atoms with E-state index in [1.54, 1.807) is 0 Å². The summed E-state index contributed by atoms with van der Waals surface area (Å²) in [6.45, 7) is 10.8. The number of rotatable bonds is 10. The summed E-state index contributed by atoms with van der Waals surface area (Å²) in [6.07, 6.45) is 3.33. The fourth-order valence-electron chi connectivity index (χ4n) is 2.63. The van der Waals surface area contributed by atoms with Crippen LogP contribution in [0.4, 0.5) is 5.69 Å². The molecule has 0 spiro atoms. The molecule has 0 radical (unpaired) electrons. The van der Waals surface area contributed by atoms with Gasteiger partial charge in [0.15, 0.2) is 0 Å². The van der Waals surface area contributed by atoms with Gasteiger partial charge in [-0.1, -0.05) is 45.4 Å². The van der Waals surface area contributed by atoms with Gasteiger partial charge in [-0.15, -0.1) is 0 Å². The van der Waals surface area contributed by atoms with Crippen molar-refractivity contribution < 1.29 is 5.11 Å². The van der Waals surface area contributed by atoms with E-state index in [9.17, 15) is 5.11 Å². The largest absolute Gasteiger partial charge is 0.394 e. The molecule has 0 fully saturated rings. The number of para-hydroxylation sites is 1. The average molecular weight is 292 g/mol. The molecule has 21 heavy (non-hydrogen) atoms. The molecule has 1 atom stereocenters. The van der Waals surface area contributed by atoms with Crippen molar-refractivity contribution in [3.8, 4) is 0 Å². The van der Waals surface area contributed by atoms with Gasteiger partial charge in [0.05, 0.1) is 6.61 Å². The van der Waals surface area contributed by atoms with Crippen LogP contribution in [0.1, 0.15) is 47.0 Å². The number of hydrogen-bond acceptors (Lipinski definition) is 3. The third-order valence-electron chi connectivity index (χ3n) is 3.82. The van der Waals surface area contributed by atoms with Crippen molar-refractivity contribution in [1.82, 2.24) is 5.32 Å². The molecule has 2 N–H and O–H groups in total. The summed E-state index contributed by atoms with van der Waals surface area (Å²) in [4.78, 5) is 2.43. The molecule has 3 nitrogen and oxygen atoms in total. The summed E-state index contributed by atoms with van der Waals surface area (Å²) in [5.74, 6) is 0. The van der Waals surface area contributed by atoms with Crippen molar-refractivity contribution in [3.05, 3.63) is 30.3 Å². The Bertz CT molecular complexity index is 380. The summed E-state index contributed by atoms with van der Waals surface area (Å²) < 4.78 is 0. The summed E-state index contributed by atoms with van der Waals surface area (Å²) >= 11 is 0. The zero-order valence-corrected chi connectivity index (χ0v) is 14.1. The van der Waals surface area contributed by atoms with Crippen molar-refractivity contribution in [3.63, 3.8) is 0 Å². The van der Waals surface area contributed by atoms with Gasteiger partial charge in [-0.25, -0.2) is 0 Å². The minimum Gasteiger partial charge on any atom is -0.394 e. The van der Waals surface area contributed by atoms with Crippen molar-refractivity contribution in [2.75, 3.05) is 24.6 Å². The van der Waals surface area contributed by atoms with E-state index in [-0.39, 0.29) is 12.1 Å². The van der Waals surface area contributed by atoms with Crippen LogP contribution in [-0.2, 0) is 0 Å². The van der Waals surface area contributed by atoms with Crippen LogP contribution in [-0.4, -0.2) is 36.4 Å². The number of benzene rings is 1. The quantitative estimate of drug-likeness (QED) is 0.693. The van der Waals surface area contributed by atoms with Crippen LogP contribution in [0.5, 0.6) is 0 Å². The second kappa shape index (κ2) is 9.06. The Morgan fingerprint density at radius 3 is 2.38 bits per heavy atom. The molecule has 0 bridgehead atoms. The van der Waals surface area contributed by atoms with Crippen molar-refractivity contribution in [2.24, 2.45) is 0 Å². The Morgan fingerprint density at radius 1 is 1.19 bits per heavy atom. The van der Waals surface area contributed by atoms with Gasteiger partial charge in [0.2, 0.25) is 0 Å². The fourth-order valence-corrected chi connectivity index (χ4v) is 2.63. The fraction of sp³-hybridized carbons (Fsp3) is 0.667. The van der Waals surface area contributed by atoms with Crippen LogP contribution < -0.4 is 10.2 Å². The van der Waals surface area contributed by atoms with Crippen LogP contribution in [0.15, 0.2) is 30.3 Å². The molecule has 0 heterocycles. The molecule has 1 aromatic rings. The van der Waals surface area contributed by atoms with Crippen LogP contribution in [0, 0.1) is 0 Å². The van der Waals surface area contributed by atoms with E-state index in [1.807, 2.05) is 0 Å². The summed E-state index contributed by atoms with van der Waals surface area (Å²) in [5.41, 5.74) is 1.06. The van der Waals surface area contributed by atoms with Gasteiger partial charge in [-0.2, -0.15) is 0 Å². The Morgan fingerprint density at radius 2 is 1.86 bits per heavy atom. The molecular weight excluding hydrogens is 260 g/mol. The maximum atomic E-state index is 9.71. The second-order valence-electron chi connectivity index (χ2n) is 6.44. The molecule has 0 saturated heterocycles. The molecule has 3 heteroatoms. The Balaban J connectivity index is 2.68. The van der Waals surface area contributed by atoms with E-state index in [0.29, 0.717) is 6.04 Å². The Hall–Kier alpha value is -1.06. The van der Waals surface area contributed by atoms with Crippen LogP contribution in [0.25, 0.3) is 0 Å². The molecule has 0 amide bonds. The number of nitrogens with zero attached hydrogens (tertiary/aromatic N) is 1. The normalized spacial score (nSPS) is 14.2. The van der Waals surface area contributed by atoms with Gasteiger partial charge >= 0.3 is 0 Å². The highest BCUT2D eigenvalue weighted by Gasteiger charge is 2.24. The first-order valence-electron chi connectivity index (χ1n) is 8.19. The van der Waals surface area contributed by atoms with E-state index >= 15 is 0 Å². The van der Waals surface area contributed by atoms with Gasteiger partial charge in [-0.3, -0.25) is 0 Å². The maximum Gasteiger partial charge on any atom is 0.0611 e. The molecule has 1 aromatic carbocycles. The molecule has 0 aromatic heterocycles. The SMILES string of the molecule is CCCCN(CCC(C)(CO)NC(C)C)c1ccccc1. The Labute approximate surface area is 130 Å². The number of unbranched alkanes of at least 4 members (excludes halogenated alkanes) is 1. The lowest BCUT2D eigenvalue weighted by atomic mass is 9.97. The van der Waals surface area contributed by atoms with Crippen LogP contribution >= 0.6 is 0 Å². The van der Waals surface area contributed by atoms with E-state index in [0.717, 1.165) is 19.5 Å². The number of hydrogen-bond donors (Lipinski definition) is 2. The summed E-state index contributed by atoms with van der Waals surface area (Å²) in [7, 11) is 0. The van der Waals surface area contributed by atoms with Crippen molar-refractivity contribution in [2.45, 2.75) is 58.5 Å². The van der Waals surface area contributed by atoms with Gasteiger partial charge in [-0.05, 0) is 31.9 Å². The lowest BCUT2D eigenvalue weighted by Crippen LogP contribution is -2.51. The first-order chi connectivity index (χ1) is 10.0. The smallest absolute Gasteiger partial charge is 0.0611 e. The van der Waals surface area contributed by atoms with Gasteiger partial charge in [0.1, 0.15) is 0 Å². The lowest BCUT2D eigenvalue weighted by Gasteiger charge is -2.34. The van der Waals surface area contributed by atoms with E-state index < -0.39 is 0 Å². The molecule has 1 rings (SSSR count). The van der Waals surface area contributed by atoms with Gasteiger partial charge in [0, 0.05) is 30.4 Å². The van der Waals surface area contributed by atoms with E-state index in [4.69, 9.17) is 0 Å². The number of aliphatic hydroxyl groups is 1. The lowest BCUT2D eigenvalue weighted by molar-refractivity contribution is 0.158. The van der Waals surface area contributed by atoms with Gasteiger partial charge in [0.25, 0.3) is 0 Å². The summed E-state index contributed by atoms with van der Waals surface area (Å²) in [6, 6.07) is 10.9. The molecule has 0 saturated carbocycles. The van der Waals surface area contributed by atoms with Crippen molar-refractivity contribution in [1.29, 1.82) is 0 Å². The average Bonchev–Trinajstić information content (AvgIpc) is 2.47. The van der Waals surface area contributed by atoms with Gasteiger partial charge < -0.3 is 15.3 Å². The summed E-state index contributed by atoms with van der Waals surface area (Å²) in [5, 5.41) is 13.2. The highest BCUT2D eigenvalue weighted by Crippen LogP contribution is 2.18. The minimum atomic E-state index is -0.215. The monoisotopic (exact) mass is 292 g/mol. The molecular formula is C18H32N2O. The van der Waals surface area contributed by atoms with Crippen LogP contribution in [0.3, 0.4) is 0 Å². The Kier molecular flexibility index (Phi) is 7.76. The zero-order chi connectivity index (χ0) is 15.7. The third-order valence-corrected chi connectivity index (χ3v) is 3.82. The predicted octanol–water partition coefficient (Wildman–Crippen LogP) is 3.43. The topological polar surface area (TPSA) is 35.5 Å². The standard InChI is InChI=1S/C18H32N2O/c1-5-6-13-20(17-10-8-7-9-11-17)14-12-18(4,15-21)19-16(2)3/h7-11,16,19,21H,5-6,12-15H2,1-4H3. The highest BCUT2D eigenvalue weighted by atomic mass is 16.3. The van der Waals surface area contributed by atoms with E-state index in [2.05, 4.69) is 68.2 Å². The maximum absolute atomic E-state index is 9.71. The number of aliphatic hydroxyl groups excluding tert-OH is 1. The highest BCUT2D eigenvalue weighted by molar-refractivity contribution is 5.45. The molecule has 120 valence electrons. The third kappa shape index (κ3) is 6.49. The molecule has 0 aliphatic carbocycles. The number of nitrogens with one attached hydrogen (secondary N) is 1. The number of anilines is 1. The van der Waals surface area contributed by atoms with Crippen molar-refractivity contribution >= 4 is 5.69 Å². The molecule has 0 aliphatic heterocycles. The first-order valence-corrected chi connectivity index (χ1v) is 8.19. The van der Waals surface area contributed by atoms with Crippen LogP contribution in [0.2, 0.25) is 0 Å². The first kappa shape index (κ1) is 18.0. The predicted molar refractivity (Wildman–Crippen MR) is 91.9 cm³/mol.